The van der Waals surface area contributed by atoms with Gasteiger partial charge in [0.2, 0.25) is 11.1 Å². The van der Waals surface area contributed by atoms with Gasteiger partial charge in [0.1, 0.15) is 0 Å². The molecule has 0 spiro atoms. The molecule has 0 unspecified atom stereocenters. The Labute approximate surface area is 131 Å². The predicted molar refractivity (Wildman–Crippen MR) is 80.6 cm³/mol. The molecule has 0 radical (unpaired) electrons. The Hall–Kier alpha value is -1.85. The van der Waals surface area contributed by atoms with E-state index in [0.29, 0.717) is 27.7 Å². The number of ether oxygens (including phenoxy) is 1. The molecule has 0 saturated carbocycles. The van der Waals surface area contributed by atoms with Crippen molar-refractivity contribution in [2.24, 2.45) is 0 Å². The average molecular weight is 327 g/mol. The lowest BCUT2D eigenvalue weighted by molar-refractivity contribution is 0.0590. The van der Waals surface area contributed by atoms with Gasteiger partial charge in [-0.05, 0) is 24.6 Å². The highest BCUT2D eigenvalue weighted by atomic mass is 35.5. The van der Waals surface area contributed by atoms with Crippen molar-refractivity contribution in [2.75, 3.05) is 7.11 Å². The first-order valence-corrected chi connectivity index (χ1v) is 6.90. The van der Waals surface area contributed by atoms with Crippen LogP contribution in [0.3, 0.4) is 0 Å². The van der Waals surface area contributed by atoms with E-state index < -0.39 is 11.4 Å². The van der Waals surface area contributed by atoms with E-state index in [9.17, 15) is 9.59 Å². The highest BCUT2D eigenvalue weighted by molar-refractivity contribution is 6.34. The van der Waals surface area contributed by atoms with Crippen LogP contribution >= 0.6 is 23.2 Å². The van der Waals surface area contributed by atoms with Gasteiger partial charge in [-0.15, -0.1) is 0 Å². The smallest absolute Gasteiger partial charge is 0.362 e. The summed E-state index contributed by atoms with van der Waals surface area (Å²) in [6.45, 7) is 1.81. The fourth-order valence-corrected chi connectivity index (χ4v) is 2.18. The first-order chi connectivity index (χ1) is 9.97. The van der Waals surface area contributed by atoms with Gasteiger partial charge in [0.25, 0.3) is 0 Å². The Kier molecular flexibility index (Phi) is 4.65. The molecule has 0 aliphatic rings. The first kappa shape index (κ1) is 15.5. The maximum atomic E-state index is 12.1. The van der Waals surface area contributed by atoms with Crippen LogP contribution in [0.1, 0.15) is 23.0 Å². The molecule has 0 aliphatic carbocycles. The van der Waals surface area contributed by atoms with E-state index in [1.807, 2.05) is 6.92 Å². The van der Waals surface area contributed by atoms with Gasteiger partial charge in [-0.2, -0.15) is 5.10 Å². The van der Waals surface area contributed by atoms with E-state index >= 15 is 0 Å². The second-order valence-corrected chi connectivity index (χ2v) is 5.06. The summed E-state index contributed by atoms with van der Waals surface area (Å²) in [6.07, 6.45) is 1.98. The standard InChI is InChI=1S/C14H12Cl2N2O3/c1-3-8-7-18(11-6-9(15)4-5-10(11)16)17-12(13(8)19)14(20)21-2/h4-7H,3H2,1-2H3. The van der Waals surface area contributed by atoms with Crippen molar-refractivity contribution in [2.45, 2.75) is 13.3 Å². The summed E-state index contributed by atoms with van der Waals surface area (Å²) in [6, 6.07) is 4.85. The van der Waals surface area contributed by atoms with Gasteiger partial charge in [0, 0.05) is 16.8 Å². The highest BCUT2D eigenvalue weighted by Gasteiger charge is 2.18. The molecule has 0 fully saturated rings. The van der Waals surface area contributed by atoms with Crippen molar-refractivity contribution in [1.82, 2.24) is 9.78 Å². The average Bonchev–Trinajstić information content (AvgIpc) is 2.49. The molecule has 7 heteroatoms. The molecular formula is C14H12Cl2N2O3. The summed E-state index contributed by atoms with van der Waals surface area (Å²) in [4.78, 5) is 23.8. The molecule has 0 bridgehead atoms. The van der Waals surface area contributed by atoms with E-state index in [4.69, 9.17) is 23.2 Å². The lowest BCUT2D eigenvalue weighted by Crippen LogP contribution is -2.25. The van der Waals surface area contributed by atoms with E-state index in [1.165, 1.54) is 18.0 Å². The molecule has 0 aliphatic heterocycles. The van der Waals surface area contributed by atoms with Crippen LogP contribution in [0.15, 0.2) is 29.2 Å². The highest BCUT2D eigenvalue weighted by Crippen LogP contribution is 2.23. The molecule has 0 amide bonds. The van der Waals surface area contributed by atoms with Crippen LogP contribution in [0.5, 0.6) is 0 Å². The number of halogens is 2. The lowest BCUT2D eigenvalue weighted by Gasteiger charge is -2.11. The molecule has 1 aromatic heterocycles. The molecule has 5 nitrogen and oxygen atoms in total. The number of carbonyl (C=O) groups is 1. The number of aromatic nitrogens is 2. The number of rotatable bonds is 3. The number of methoxy groups -OCH3 is 1. The van der Waals surface area contributed by atoms with Crippen molar-refractivity contribution in [3.8, 4) is 5.69 Å². The van der Waals surface area contributed by atoms with Crippen molar-refractivity contribution in [3.05, 3.63) is 55.9 Å². The number of benzene rings is 1. The van der Waals surface area contributed by atoms with Gasteiger partial charge < -0.3 is 4.74 Å². The normalized spacial score (nSPS) is 10.5. The predicted octanol–water partition coefficient (Wildman–Crippen LogP) is 2.89. The van der Waals surface area contributed by atoms with E-state index in [1.54, 1.807) is 18.2 Å². The van der Waals surface area contributed by atoms with Crippen LogP contribution < -0.4 is 5.43 Å². The van der Waals surface area contributed by atoms with Gasteiger partial charge in [0.15, 0.2) is 0 Å². The molecule has 2 rings (SSSR count). The van der Waals surface area contributed by atoms with Gasteiger partial charge in [0.05, 0.1) is 17.8 Å². The Balaban J connectivity index is 2.72. The molecule has 110 valence electrons. The third-order valence-corrected chi connectivity index (χ3v) is 3.46. The molecule has 0 atom stereocenters. The Morgan fingerprint density at radius 1 is 1.38 bits per heavy atom. The Morgan fingerprint density at radius 2 is 2.10 bits per heavy atom. The van der Waals surface area contributed by atoms with Crippen LogP contribution in [0, 0.1) is 0 Å². The molecule has 1 aromatic carbocycles. The minimum absolute atomic E-state index is 0.284. The summed E-state index contributed by atoms with van der Waals surface area (Å²) in [7, 11) is 1.19. The van der Waals surface area contributed by atoms with Gasteiger partial charge in [-0.3, -0.25) is 4.79 Å². The Bertz CT molecular complexity index is 756. The van der Waals surface area contributed by atoms with E-state index in [2.05, 4.69) is 9.84 Å². The zero-order chi connectivity index (χ0) is 15.6. The number of nitrogens with zero attached hydrogens (tertiary/aromatic N) is 2. The summed E-state index contributed by atoms with van der Waals surface area (Å²) in [5.41, 5.74) is 0.178. The number of carbonyl (C=O) groups excluding carboxylic acids is 1. The maximum Gasteiger partial charge on any atom is 0.362 e. The SMILES string of the molecule is CCc1cn(-c2cc(Cl)ccc2Cl)nc(C(=O)OC)c1=O. The zero-order valence-corrected chi connectivity index (χ0v) is 12.9. The number of hydrogen-bond acceptors (Lipinski definition) is 4. The molecule has 0 N–H and O–H groups in total. The van der Waals surface area contributed by atoms with Crippen molar-refractivity contribution in [1.29, 1.82) is 0 Å². The third-order valence-electron chi connectivity index (χ3n) is 2.91. The molecular weight excluding hydrogens is 315 g/mol. The van der Waals surface area contributed by atoms with Gasteiger partial charge in [-0.25, -0.2) is 9.48 Å². The number of aryl methyl sites for hydroxylation is 1. The summed E-state index contributed by atoms with van der Waals surface area (Å²) in [5.74, 6) is -0.790. The minimum atomic E-state index is -0.790. The largest absolute Gasteiger partial charge is 0.464 e. The lowest BCUT2D eigenvalue weighted by atomic mass is 10.2. The summed E-state index contributed by atoms with van der Waals surface area (Å²) < 4.78 is 5.95. The first-order valence-electron chi connectivity index (χ1n) is 6.14. The van der Waals surface area contributed by atoms with E-state index in [-0.39, 0.29) is 5.69 Å². The van der Waals surface area contributed by atoms with Crippen molar-refractivity contribution in [3.63, 3.8) is 0 Å². The fraction of sp³-hybridized carbons (Fsp3) is 0.214. The van der Waals surface area contributed by atoms with Gasteiger partial charge >= 0.3 is 5.97 Å². The van der Waals surface area contributed by atoms with Crippen LogP contribution in [0.4, 0.5) is 0 Å². The van der Waals surface area contributed by atoms with Gasteiger partial charge in [-0.1, -0.05) is 30.1 Å². The molecule has 2 aromatic rings. The van der Waals surface area contributed by atoms with Crippen LogP contribution in [0.25, 0.3) is 5.69 Å². The maximum absolute atomic E-state index is 12.1. The van der Waals surface area contributed by atoms with Crippen LogP contribution in [-0.4, -0.2) is 22.9 Å². The fourth-order valence-electron chi connectivity index (χ4n) is 1.81. The van der Waals surface area contributed by atoms with Crippen molar-refractivity contribution < 1.29 is 9.53 Å². The molecule has 0 saturated heterocycles. The summed E-state index contributed by atoms with van der Waals surface area (Å²) >= 11 is 12.1. The Morgan fingerprint density at radius 3 is 2.71 bits per heavy atom. The van der Waals surface area contributed by atoms with Crippen molar-refractivity contribution >= 4 is 29.2 Å². The van der Waals surface area contributed by atoms with Crippen LogP contribution in [-0.2, 0) is 11.2 Å². The second-order valence-electron chi connectivity index (χ2n) is 4.22. The second kappa shape index (κ2) is 6.28. The molecule has 21 heavy (non-hydrogen) atoms. The topological polar surface area (TPSA) is 61.2 Å². The quantitative estimate of drug-likeness (QED) is 0.813. The number of esters is 1. The van der Waals surface area contributed by atoms with E-state index in [0.717, 1.165) is 0 Å². The number of hydrogen-bond donors (Lipinski definition) is 0. The summed E-state index contributed by atoms with van der Waals surface area (Å²) in [5, 5.41) is 4.87. The van der Waals surface area contributed by atoms with Crippen LogP contribution in [0.2, 0.25) is 10.0 Å². The minimum Gasteiger partial charge on any atom is -0.464 e. The molecule has 1 heterocycles. The third kappa shape index (κ3) is 3.09. The monoisotopic (exact) mass is 326 g/mol. The zero-order valence-electron chi connectivity index (χ0n) is 11.4.